The van der Waals surface area contributed by atoms with Crippen molar-refractivity contribution in [2.24, 2.45) is 0 Å². The molecule has 16 nitrogen and oxygen atoms in total. The number of nitrogens with zero attached hydrogens (tertiary/aromatic N) is 4. The van der Waals surface area contributed by atoms with Gasteiger partial charge in [-0.1, -0.05) is 0 Å². The quantitative estimate of drug-likeness (QED) is 0.215. The largest absolute Gasteiger partial charge is 0.481 e. The van der Waals surface area contributed by atoms with Gasteiger partial charge in [-0.15, -0.1) is 0 Å². The van der Waals surface area contributed by atoms with Crippen LogP contribution in [0.3, 0.4) is 0 Å². The van der Waals surface area contributed by atoms with Crippen LogP contribution in [0.2, 0.25) is 0 Å². The van der Waals surface area contributed by atoms with Crippen LogP contribution >= 0.6 is 0 Å². The predicted octanol–water partition coefficient (Wildman–Crippen LogP) is -1.23. The summed E-state index contributed by atoms with van der Waals surface area (Å²) in [7, 11) is 0. The standard InChI is InChI=1S/C24H36N4O12/c29-17(1-5-21(33)34)25-9-11-26(18(30)2-6-22(35)36)13-15-28(20(32)4-8-24(39)40)16-14-27(12-10-25)19(31)3-7-23(37)38/h1-16H2,(H,33,34)(H,35,36)(H,37,38)(H,39,40). The minimum Gasteiger partial charge on any atom is -0.481 e. The van der Waals surface area contributed by atoms with E-state index in [1.54, 1.807) is 0 Å². The van der Waals surface area contributed by atoms with E-state index < -0.39 is 73.2 Å². The number of carbonyl (C=O) groups excluding carboxylic acids is 4. The molecule has 224 valence electrons. The zero-order valence-corrected chi connectivity index (χ0v) is 22.2. The molecule has 0 radical (unpaired) electrons. The summed E-state index contributed by atoms with van der Waals surface area (Å²) in [6, 6.07) is 0. The first-order valence-corrected chi connectivity index (χ1v) is 12.8. The minimum atomic E-state index is -1.19. The van der Waals surface area contributed by atoms with Crippen LogP contribution in [0.15, 0.2) is 0 Å². The molecule has 0 unspecified atom stereocenters. The minimum absolute atomic E-state index is 0.0681. The van der Waals surface area contributed by atoms with E-state index in [1.165, 1.54) is 19.6 Å². The van der Waals surface area contributed by atoms with Gasteiger partial charge in [0.05, 0.1) is 25.7 Å². The summed E-state index contributed by atoms with van der Waals surface area (Å²) in [6.45, 7) is -0.545. The van der Waals surface area contributed by atoms with Gasteiger partial charge in [0, 0.05) is 78.0 Å². The maximum Gasteiger partial charge on any atom is 0.303 e. The van der Waals surface area contributed by atoms with E-state index in [1.807, 2.05) is 0 Å². The first-order valence-electron chi connectivity index (χ1n) is 12.8. The molecular weight excluding hydrogens is 536 g/mol. The second-order valence-electron chi connectivity index (χ2n) is 9.10. The highest BCUT2D eigenvalue weighted by molar-refractivity contribution is 5.83. The number of amides is 4. The molecule has 0 aliphatic carbocycles. The van der Waals surface area contributed by atoms with Crippen LogP contribution in [-0.4, -0.2) is 140 Å². The smallest absolute Gasteiger partial charge is 0.303 e. The molecule has 0 bridgehead atoms. The summed E-state index contributed by atoms with van der Waals surface area (Å²) in [4.78, 5) is 100. The first kappa shape index (κ1) is 33.8. The predicted molar refractivity (Wildman–Crippen MR) is 134 cm³/mol. The summed E-state index contributed by atoms with van der Waals surface area (Å²) >= 11 is 0. The average Bonchev–Trinajstić information content (AvgIpc) is 2.87. The maximum absolute atomic E-state index is 12.8. The lowest BCUT2D eigenvalue weighted by molar-refractivity contribution is -0.144. The van der Waals surface area contributed by atoms with Crippen LogP contribution < -0.4 is 0 Å². The lowest BCUT2D eigenvalue weighted by Gasteiger charge is -2.34. The van der Waals surface area contributed by atoms with Crippen LogP contribution in [0.1, 0.15) is 51.4 Å². The molecule has 1 fully saturated rings. The van der Waals surface area contributed by atoms with Gasteiger partial charge in [0.25, 0.3) is 0 Å². The third-order valence-electron chi connectivity index (χ3n) is 6.18. The van der Waals surface area contributed by atoms with Gasteiger partial charge in [0.2, 0.25) is 23.6 Å². The Morgan fingerprint density at radius 1 is 0.325 bits per heavy atom. The van der Waals surface area contributed by atoms with Crippen LogP contribution in [0.25, 0.3) is 0 Å². The Morgan fingerprint density at radius 3 is 0.600 bits per heavy atom. The zero-order valence-electron chi connectivity index (χ0n) is 22.2. The molecule has 0 saturated carbocycles. The molecule has 1 aliphatic heterocycles. The second-order valence-corrected chi connectivity index (χ2v) is 9.10. The molecule has 0 spiro atoms. The number of carbonyl (C=O) groups is 8. The summed E-state index contributed by atoms with van der Waals surface area (Å²) in [5.41, 5.74) is 0. The monoisotopic (exact) mass is 572 g/mol. The van der Waals surface area contributed by atoms with Crippen molar-refractivity contribution < 1.29 is 58.8 Å². The fraction of sp³-hybridized carbons (Fsp3) is 0.667. The number of aliphatic carboxylic acids is 4. The van der Waals surface area contributed by atoms with Crippen LogP contribution in [0, 0.1) is 0 Å². The molecule has 16 heteroatoms. The van der Waals surface area contributed by atoms with E-state index in [0.29, 0.717) is 0 Å². The lowest BCUT2D eigenvalue weighted by Crippen LogP contribution is -2.50. The molecule has 0 aromatic carbocycles. The Bertz CT molecular complexity index is 802. The lowest BCUT2D eigenvalue weighted by atomic mass is 10.2. The highest BCUT2D eigenvalue weighted by atomic mass is 16.4. The van der Waals surface area contributed by atoms with Crippen molar-refractivity contribution in [1.82, 2.24) is 19.6 Å². The fourth-order valence-corrected chi connectivity index (χ4v) is 3.90. The zero-order chi connectivity index (χ0) is 30.2. The number of rotatable bonds is 12. The summed E-state index contributed by atoms with van der Waals surface area (Å²) < 4.78 is 0. The van der Waals surface area contributed by atoms with Crippen molar-refractivity contribution in [2.45, 2.75) is 51.4 Å². The molecular formula is C24H36N4O12. The van der Waals surface area contributed by atoms with Crippen LogP contribution in [-0.2, 0) is 38.4 Å². The third-order valence-corrected chi connectivity index (χ3v) is 6.18. The van der Waals surface area contributed by atoms with Gasteiger partial charge in [0.1, 0.15) is 0 Å². The van der Waals surface area contributed by atoms with E-state index in [0.717, 1.165) is 0 Å². The van der Waals surface area contributed by atoms with Gasteiger partial charge >= 0.3 is 23.9 Å². The Kier molecular flexibility index (Phi) is 14.7. The van der Waals surface area contributed by atoms with E-state index in [4.69, 9.17) is 20.4 Å². The van der Waals surface area contributed by atoms with Gasteiger partial charge in [0.15, 0.2) is 0 Å². The van der Waals surface area contributed by atoms with Gasteiger partial charge in [-0.2, -0.15) is 0 Å². The molecule has 1 aliphatic rings. The fourth-order valence-electron chi connectivity index (χ4n) is 3.90. The van der Waals surface area contributed by atoms with Gasteiger partial charge in [-0.25, -0.2) is 0 Å². The van der Waals surface area contributed by atoms with Crippen LogP contribution in [0.4, 0.5) is 0 Å². The molecule has 1 rings (SSSR count). The van der Waals surface area contributed by atoms with Crippen molar-refractivity contribution in [1.29, 1.82) is 0 Å². The third kappa shape index (κ3) is 13.5. The molecule has 0 aromatic rings. The topological polar surface area (TPSA) is 230 Å². The molecule has 4 N–H and O–H groups in total. The maximum atomic E-state index is 12.8. The van der Waals surface area contributed by atoms with Gasteiger partial charge in [-0.3, -0.25) is 38.4 Å². The Morgan fingerprint density at radius 2 is 0.475 bits per heavy atom. The molecule has 4 amide bonds. The number of hydrogen-bond acceptors (Lipinski definition) is 8. The van der Waals surface area contributed by atoms with Crippen molar-refractivity contribution in [3.05, 3.63) is 0 Å². The molecule has 1 heterocycles. The van der Waals surface area contributed by atoms with Crippen LogP contribution in [0.5, 0.6) is 0 Å². The van der Waals surface area contributed by atoms with E-state index in [2.05, 4.69) is 0 Å². The highest BCUT2D eigenvalue weighted by Crippen LogP contribution is 2.09. The van der Waals surface area contributed by atoms with Crippen molar-refractivity contribution in [2.75, 3.05) is 52.4 Å². The molecule has 1 saturated heterocycles. The Hall–Kier alpha value is -4.24. The summed E-state index contributed by atoms with van der Waals surface area (Å²) in [5.74, 6) is -6.92. The average molecular weight is 573 g/mol. The van der Waals surface area contributed by atoms with Gasteiger partial charge < -0.3 is 40.0 Å². The molecule has 0 atom stereocenters. The van der Waals surface area contributed by atoms with E-state index >= 15 is 0 Å². The normalized spacial score (nSPS) is 15.0. The van der Waals surface area contributed by atoms with Crippen molar-refractivity contribution >= 4 is 47.5 Å². The first-order chi connectivity index (χ1) is 18.8. The van der Waals surface area contributed by atoms with Crippen molar-refractivity contribution in [3.63, 3.8) is 0 Å². The molecule has 40 heavy (non-hydrogen) atoms. The van der Waals surface area contributed by atoms with Gasteiger partial charge in [-0.05, 0) is 0 Å². The summed E-state index contributed by atoms with van der Waals surface area (Å²) in [5, 5.41) is 35.8. The number of carboxylic acids is 4. The Balaban J connectivity index is 3.23. The van der Waals surface area contributed by atoms with Crippen molar-refractivity contribution in [3.8, 4) is 0 Å². The summed E-state index contributed by atoms with van der Waals surface area (Å²) in [6.07, 6.45) is -3.09. The van der Waals surface area contributed by atoms with E-state index in [-0.39, 0.29) is 78.0 Å². The van der Waals surface area contributed by atoms with E-state index in [9.17, 15) is 38.4 Å². The highest BCUT2D eigenvalue weighted by Gasteiger charge is 2.25. The number of carboxylic acid groups (broad SMARTS) is 4. The Labute approximate surface area is 230 Å². The SMILES string of the molecule is O=C(O)CCC(=O)N1CCN(C(=O)CCC(=O)O)CCN(C(=O)CCC(=O)O)CCN(C(=O)CCC(=O)O)CC1. The number of hydrogen-bond donors (Lipinski definition) is 4. The molecule has 0 aromatic heterocycles. The second kappa shape index (κ2) is 17.4.